The van der Waals surface area contributed by atoms with Crippen molar-refractivity contribution in [3.63, 3.8) is 0 Å². The summed E-state index contributed by atoms with van der Waals surface area (Å²) < 4.78 is 5.39. The number of rotatable bonds is 6. The highest BCUT2D eigenvalue weighted by atomic mass is 16.3. The largest absolute Gasteiger partial charge is 0.457 e. The van der Waals surface area contributed by atoms with E-state index in [2.05, 4.69) is 11.8 Å². The van der Waals surface area contributed by atoms with Crippen molar-refractivity contribution in [1.29, 1.82) is 0 Å². The van der Waals surface area contributed by atoms with Crippen molar-refractivity contribution in [2.75, 3.05) is 13.1 Å². The van der Waals surface area contributed by atoms with Crippen molar-refractivity contribution >= 4 is 6.29 Å². The Morgan fingerprint density at radius 3 is 2.81 bits per heavy atom. The molecule has 1 fully saturated rings. The maximum Gasteiger partial charge on any atom is 0.185 e. The summed E-state index contributed by atoms with van der Waals surface area (Å²) in [6.45, 7) is 5.18. The van der Waals surface area contributed by atoms with Crippen LogP contribution in [0.5, 0.6) is 0 Å². The lowest BCUT2D eigenvalue weighted by atomic mass is 9.85. The van der Waals surface area contributed by atoms with Crippen molar-refractivity contribution in [2.24, 2.45) is 5.92 Å². The Kier molecular flexibility index (Phi) is 3.78. The summed E-state index contributed by atoms with van der Waals surface area (Å²) in [4.78, 5) is 12.9. The van der Waals surface area contributed by atoms with E-state index in [1.54, 1.807) is 6.07 Å². The summed E-state index contributed by atoms with van der Waals surface area (Å²) >= 11 is 0. The molecule has 1 saturated carbocycles. The molecule has 1 aliphatic carbocycles. The number of furan rings is 1. The molecule has 3 heteroatoms. The molecule has 0 aromatic carbocycles. The van der Waals surface area contributed by atoms with E-state index in [0.29, 0.717) is 5.76 Å². The van der Waals surface area contributed by atoms with E-state index in [0.717, 1.165) is 37.6 Å². The molecule has 2 rings (SSSR count). The van der Waals surface area contributed by atoms with E-state index >= 15 is 0 Å². The minimum Gasteiger partial charge on any atom is -0.457 e. The van der Waals surface area contributed by atoms with Crippen LogP contribution in [-0.2, 0) is 6.54 Å². The monoisotopic (exact) mass is 221 g/mol. The van der Waals surface area contributed by atoms with E-state index in [9.17, 15) is 4.79 Å². The van der Waals surface area contributed by atoms with Gasteiger partial charge in [0.25, 0.3) is 0 Å². The molecule has 0 N–H and O–H groups in total. The summed E-state index contributed by atoms with van der Waals surface area (Å²) in [5.74, 6) is 2.19. The fourth-order valence-electron chi connectivity index (χ4n) is 2.11. The lowest BCUT2D eigenvalue weighted by Crippen LogP contribution is -2.31. The van der Waals surface area contributed by atoms with Crippen LogP contribution in [0.2, 0.25) is 0 Å². The molecule has 0 saturated heterocycles. The third kappa shape index (κ3) is 2.73. The summed E-state index contributed by atoms with van der Waals surface area (Å²) in [5, 5.41) is 0. The standard InChI is InChI=1S/C13H19NO2/c1-2-14(8-11-4-3-5-11)9-12-6-7-13(10-15)16-12/h6-7,10-11H,2-5,8-9H2,1H3. The van der Waals surface area contributed by atoms with Crippen LogP contribution in [0.15, 0.2) is 16.5 Å². The predicted molar refractivity (Wildman–Crippen MR) is 62.4 cm³/mol. The Bertz CT molecular complexity index is 341. The smallest absolute Gasteiger partial charge is 0.185 e. The van der Waals surface area contributed by atoms with Crippen molar-refractivity contribution in [3.8, 4) is 0 Å². The van der Waals surface area contributed by atoms with Crippen LogP contribution >= 0.6 is 0 Å². The minimum absolute atomic E-state index is 0.426. The van der Waals surface area contributed by atoms with E-state index in [4.69, 9.17) is 4.42 Å². The molecule has 1 aromatic heterocycles. The molecule has 0 unspecified atom stereocenters. The van der Waals surface area contributed by atoms with Crippen molar-refractivity contribution in [1.82, 2.24) is 4.90 Å². The van der Waals surface area contributed by atoms with Gasteiger partial charge in [-0.15, -0.1) is 0 Å². The second kappa shape index (κ2) is 5.30. The van der Waals surface area contributed by atoms with Gasteiger partial charge in [0.1, 0.15) is 5.76 Å². The molecule has 0 atom stereocenters. The Morgan fingerprint density at radius 1 is 1.50 bits per heavy atom. The number of hydrogen-bond donors (Lipinski definition) is 0. The highest BCUT2D eigenvalue weighted by Gasteiger charge is 2.20. The molecule has 88 valence electrons. The topological polar surface area (TPSA) is 33.5 Å². The fourth-order valence-corrected chi connectivity index (χ4v) is 2.11. The van der Waals surface area contributed by atoms with Crippen LogP contribution in [0.1, 0.15) is 42.5 Å². The molecule has 0 amide bonds. The zero-order chi connectivity index (χ0) is 11.4. The highest BCUT2D eigenvalue weighted by molar-refractivity contribution is 5.70. The number of nitrogens with zero attached hydrogens (tertiary/aromatic N) is 1. The van der Waals surface area contributed by atoms with Gasteiger partial charge >= 0.3 is 0 Å². The molecule has 16 heavy (non-hydrogen) atoms. The Hall–Kier alpha value is -1.09. The van der Waals surface area contributed by atoms with Gasteiger partial charge in [0.05, 0.1) is 6.54 Å². The molecular formula is C13H19NO2. The van der Waals surface area contributed by atoms with Gasteiger partial charge in [-0.1, -0.05) is 13.3 Å². The first-order valence-electron chi connectivity index (χ1n) is 6.08. The van der Waals surface area contributed by atoms with E-state index in [1.807, 2.05) is 6.07 Å². The molecule has 3 nitrogen and oxygen atoms in total. The first kappa shape index (κ1) is 11.4. The quantitative estimate of drug-likeness (QED) is 0.692. The van der Waals surface area contributed by atoms with Gasteiger partial charge in [0.15, 0.2) is 12.0 Å². The fraction of sp³-hybridized carbons (Fsp3) is 0.615. The Labute approximate surface area is 96.4 Å². The zero-order valence-electron chi connectivity index (χ0n) is 9.82. The van der Waals surface area contributed by atoms with Gasteiger partial charge in [0, 0.05) is 6.54 Å². The van der Waals surface area contributed by atoms with Crippen LogP contribution in [0.3, 0.4) is 0 Å². The van der Waals surface area contributed by atoms with Gasteiger partial charge in [-0.3, -0.25) is 9.69 Å². The van der Waals surface area contributed by atoms with Crippen LogP contribution in [0.25, 0.3) is 0 Å². The average molecular weight is 221 g/mol. The molecule has 1 heterocycles. The first-order chi connectivity index (χ1) is 7.81. The SMILES string of the molecule is CCN(Cc1ccc(C=O)o1)CC1CCC1. The summed E-state index contributed by atoms with van der Waals surface area (Å²) in [7, 11) is 0. The minimum atomic E-state index is 0.426. The molecule has 0 spiro atoms. The van der Waals surface area contributed by atoms with E-state index in [1.165, 1.54) is 19.3 Å². The maximum absolute atomic E-state index is 10.5. The van der Waals surface area contributed by atoms with E-state index < -0.39 is 0 Å². The van der Waals surface area contributed by atoms with Crippen LogP contribution in [0.4, 0.5) is 0 Å². The molecular weight excluding hydrogens is 202 g/mol. The molecule has 1 aliphatic rings. The van der Waals surface area contributed by atoms with Gasteiger partial charge in [-0.2, -0.15) is 0 Å². The molecule has 0 radical (unpaired) electrons. The molecule has 0 bridgehead atoms. The van der Waals surface area contributed by atoms with Crippen molar-refractivity contribution in [2.45, 2.75) is 32.7 Å². The van der Waals surface area contributed by atoms with Gasteiger partial charge in [0.2, 0.25) is 0 Å². The number of carbonyl (C=O) groups excluding carboxylic acids is 1. The first-order valence-corrected chi connectivity index (χ1v) is 6.08. The van der Waals surface area contributed by atoms with Crippen LogP contribution < -0.4 is 0 Å². The number of carbonyl (C=O) groups is 1. The molecule has 1 aromatic rings. The second-order valence-electron chi connectivity index (χ2n) is 4.55. The van der Waals surface area contributed by atoms with Crippen LogP contribution in [-0.4, -0.2) is 24.3 Å². The van der Waals surface area contributed by atoms with Gasteiger partial charge in [-0.25, -0.2) is 0 Å². The van der Waals surface area contributed by atoms with Gasteiger partial charge < -0.3 is 4.42 Å². The van der Waals surface area contributed by atoms with Crippen molar-refractivity contribution in [3.05, 3.63) is 23.7 Å². The van der Waals surface area contributed by atoms with Crippen LogP contribution in [0, 0.1) is 5.92 Å². The maximum atomic E-state index is 10.5. The number of aldehydes is 1. The predicted octanol–water partition coefficient (Wildman–Crippen LogP) is 2.71. The summed E-state index contributed by atoms with van der Waals surface area (Å²) in [5.41, 5.74) is 0. The van der Waals surface area contributed by atoms with Gasteiger partial charge in [-0.05, 0) is 37.4 Å². The van der Waals surface area contributed by atoms with E-state index in [-0.39, 0.29) is 0 Å². The highest BCUT2D eigenvalue weighted by Crippen LogP contribution is 2.27. The zero-order valence-corrected chi connectivity index (χ0v) is 9.82. The third-order valence-corrected chi connectivity index (χ3v) is 3.37. The lowest BCUT2D eigenvalue weighted by Gasteiger charge is -2.31. The summed E-state index contributed by atoms with van der Waals surface area (Å²) in [6, 6.07) is 3.63. The number of hydrogen-bond acceptors (Lipinski definition) is 3. The Balaban J connectivity index is 1.86. The van der Waals surface area contributed by atoms with Crippen molar-refractivity contribution < 1.29 is 9.21 Å². The normalized spacial score (nSPS) is 16.4. The third-order valence-electron chi connectivity index (χ3n) is 3.37. The average Bonchev–Trinajstić information content (AvgIpc) is 2.69. The Morgan fingerprint density at radius 2 is 2.31 bits per heavy atom. The second-order valence-corrected chi connectivity index (χ2v) is 4.55. The lowest BCUT2D eigenvalue weighted by molar-refractivity contribution is 0.109. The summed E-state index contributed by atoms with van der Waals surface area (Å²) in [6.07, 6.45) is 4.88. The molecule has 0 aliphatic heterocycles.